The lowest BCUT2D eigenvalue weighted by molar-refractivity contribution is -0.116. The summed E-state index contributed by atoms with van der Waals surface area (Å²) in [4.78, 5) is 41.4. The van der Waals surface area contributed by atoms with E-state index >= 15 is 0 Å². The lowest BCUT2D eigenvalue weighted by atomic mass is 9.99. The Morgan fingerprint density at radius 2 is 1.76 bits per heavy atom. The maximum Gasteiger partial charge on any atom is 0.264 e. The van der Waals surface area contributed by atoms with Crippen LogP contribution in [0.2, 0.25) is 0 Å². The summed E-state index contributed by atoms with van der Waals surface area (Å²) in [7, 11) is -2.13. The quantitative estimate of drug-likeness (QED) is 0.400. The van der Waals surface area contributed by atoms with Crippen molar-refractivity contribution in [2.24, 2.45) is 5.92 Å². The number of imide groups is 1. The Kier molecular flexibility index (Phi) is 8.10. The van der Waals surface area contributed by atoms with Crippen molar-refractivity contribution in [3.8, 4) is 11.5 Å². The van der Waals surface area contributed by atoms with Gasteiger partial charge in [0.15, 0.2) is 21.3 Å². The van der Waals surface area contributed by atoms with E-state index in [9.17, 15) is 22.8 Å². The molecule has 1 saturated carbocycles. The highest BCUT2D eigenvalue weighted by molar-refractivity contribution is 7.91. The van der Waals surface area contributed by atoms with Crippen molar-refractivity contribution in [3.05, 3.63) is 52.6 Å². The molecule has 2 aliphatic rings. The van der Waals surface area contributed by atoms with Crippen LogP contribution < -0.4 is 14.8 Å². The minimum Gasteiger partial charge on any atom is -0.493 e. The second-order valence-electron chi connectivity index (χ2n) is 9.61. The molecule has 4 rings (SSSR count). The van der Waals surface area contributed by atoms with Crippen LogP contribution in [0.4, 0.5) is 5.69 Å². The van der Waals surface area contributed by atoms with E-state index in [0.717, 1.165) is 17.7 Å². The van der Waals surface area contributed by atoms with E-state index in [1.165, 1.54) is 14.0 Å². The SMILES string of the molecule is CCOc1cc([C@@H](CS(=O)(=O)CC)N2C(=O)c3c(CC)ccc(NC(=O)CC4CC4)c3C2=O)ccc1OC. The van der Waals surface area contributed by atoms with Gasteiger partial charge in [-0.15, -0.1) is 0 Å². The monoisotopic (exact) mass is 542 g/mol. The molecule has 10 heteroatoms. The summed E-state index contributed by atoms with van der Waals surface area (Å²) in [5.74, 6) is -0.836. The van der Waals surface area contributed by atoms with Gasteiger partial charge in [-0.1, -0.05) is 26.0 Å². The Bertz CT molecular complexity index is 1370. The first-order chi connectivity index (χ1) is 18.1. The molecule has 3 amide bonds. The van der Waals surface area contributed by atoms with Crippen LogP contribution in [0.1, 0.15) is 77.9 Å². The first kappa shape index (κ1) is 27.6. The van der Waals surface area contributed by atoms with Crippen LogP contribution in [0.5, 0.6) is 11.5 Å². The number of aryl methyl sites for hydroxylation is 1. The Balaban J connectivity index is 1.80. The number of amides is 3. The number of methoxy groups -OCH3 is 1. The van der Waals surface area contributed by atoms with Gasteiger partial charge >= 0.3 is 0 Å². The van der Waals surface area contributed by atoms with Gasteiger partial charge < -0.3 is 14.8 Å². The molecule has 1 fully saturated rings. The molecule has 1 N–H and O–H groups in total. The topological polar surface area (TPSA) is 119 Å². The predicted octanol–water partition coefficient (Wildman–Crippen LogP) is 4.17. The minimum absolute atomic E-state index is 0.107. The zero-order valence-corrected chi connectivity index (χ0v) is 23.0. The van der Waals surface area contributed by atoms with E-state index < -0.39 is 33.4 Å². The van der Waals surface area contributed by atoms with Crippen molar-refractivity contribution in [2.75, 3.05) is 30.5 Å². The Labute approximate surface area is 223 Å². The fourth-order valence-electron chi connectivity index (χ4n) is 4.76. The molecule has 0 saturated heterocycles. The Morgan fingerprint density at radius 3 is 2.37 bits per heavy atom. The van der Waals surface area contributed by atoms with Gasteiger partial charge in [0, 0.05) is 12.2 Å². The second-order valence-corrected chi connectivity index (χ2v) is 12.0. The summed E-state index contributed by atoms with van der Waals surface area (Å²) in [6.45, 7) is 5.55. The molecule has 38 heavy (non-hydrogen) atoms. The summed E-state index contributed by atoms with van der Waals surface area (Å²) in [6, 6.07) is 7.16. The minimum atomic E-state index is -3.62. The van der Waals surface area contributed by atoms with Gasteiger partial charge in [-0.2, -0.15) is 0 Å². The third-order valence-corrected chi connectivity index (χ3v) is 8.72. The summed E-state index contributed by atoms with van der Waals surface area (Å²) in [5, 5.41) is 2.82. The standard InChI is InChI=1S/C28H34N2O7S/c1-5-18-10-12-20(29-24(31)14-17-8-9-17)26-25(18)27(32)30(28(26)33)21(16-38(34,35)7-3)19-11-13-22(36-4)23(15-19)37-6-2/h10-13,15,17,21H,5-9,14,16H2,1-4H3,(H,29,31)/t21-/m1/s1. The third-order valence-electron chi connectivity index (χ3n) is 7.02. The Morgan fingerprint density at radius 1 is 1.05 bits per heavy atom. The average Bonchev–Trinajstić information content (AvgIpc) is 3.67. The van der Waals surface area contributed by atoms with E-state index in [1.807, 2.05) is 6.92 Å². The van der Waals surface area contributed by atoms with Crippen LogP contribution in [-0.4, -0.2) is 56.3 Å². The van der Waals surface area contributed by atoms with Gasteiger partial charge in [0.05, 0.1) is 42.3 Å². The highest BCUT2D eigenvalue weighted by Gasteiger charge is 2.45. The highest BCUT2D eigenvalue weighted by Crippen LogP contribution is 2.40. The normalized spacial score (nSPS) is 15.8. The number of nitrogens with one attached hydrogen (secondary N) is 1. The van der Waals surface area contributed by atoms with Gasteiger partial charge in [0.2, 0.25) is 5.91 Å². The van der Waals surface area contributed by atoms with Crippen molar-refractivity contribution < 1.29 is 32.3 Å². The van der Waals surface area contributed by atoms with Gasteiger partial charge in [-0.3, -0.25) is 19.3 Å². The summed E-state index contributed by atoms with van der Waals surface area (Å²) in [5.41, 5.74) is 1.67. The van der Waals surface area contributed by atoms with Gasteiger partial charge in [-0.25, -0.2) is 8.42 Å². The van der Waals surface area contributed by atoms with Gasteiger partial charge in [0.1, 0.15) is 0 Å². The van der Waals surface area contributed by atoms with Crippen LogP contribution in [0.3, 0.4) is 0 Å². The first-order valence-corrected chi connectivity index (χ1v) is 14.8. The van der Waals surface area contributed by atoms with Crippen LogP contribution in [0, 0.1) is 5.92 Å². The summed E-state index contributed by atoms with van der Waals surface area (Å²) < 4.78 is 36.7. The number of nitrogens with zero attached hydrogens (tertiary/aromatic N) is 1. The number of hydrogen-bond acceptors (Lipinski definition) is 7. The number of carbonyl (C=O) groups excluding carboxylic acids is 3. The molecule has 0 bridgehead atoms. The molecule has 1 aliphatic heterocycles. The molecule has 2 aromatic carbocycles. The maximum absolute atomic E-state index is 13.9. The fourth-order valence-corrected chi connectivity index (χ4v) is 5.82. The molecule has 204 valence electrons. The molecule has 1 heterocycles. The van der Waals surface area contributed by atoms with Crippen molar-refractivity contribution in [2.45, 2.75) is 52.5 Å². The van der Waals surface area contributed by atoms with Crippen molar-refractivity contribution >= 4 is 33.2 Å². The van der Waals surface area contributed by atoms with Gasteiger partial charge in [0.25, 0.3) is 11.8 Å². The van der Waals surface area contributed by atoms with Crippen LogP contribution in [0.25, 0.3) is 0 Å². The fraction of sp³-hybridized carbons (Fsp3) is 0.464. The van der Waals surface area contributed by atoms with Crippen molar-refractivity contribution in [3.63, 3.8) is 0 Å². The number of fused-ring (bicyclic) bond motifs is 1. The number of benzene rings is 2. The molecule has 0 spiro atoms. The zero-order valence-electron chi connectivity index (χ0n) is 22.2. The zero-order chi connectivity index (χ0) is 27.6. The molecule has 2 aromatic rings. The molecule has 0 unspecified atom stereocenters. The molecular formula is C28H34N2O7S. The lowest BCUT2D eigenvalue weighted by Crippen LogP contribution is -2.38. The van der Waals surface area contributed by atoms with E-state index in [2.05, 4.69) is 5.32 Å². The third kappa shape index (κ3) is 5.55. The lowest BCUT2D eigenvalue weighted by Gasteiger charge is -2.27. The first-order valence-electron chi connectivity index (χ1n) is 13.0. The second kappa shape index (κ2) is 11.1. The van der Waals surface area contributed by atoms with E-state index in [1.54, 1.807) is 37.3 Å². The number of sulfone groups is 1. The average molecular weight is 543 g/mol. The summed E-state index contributed by atoms with van der Waals surface area (Å²) in [6.07, 6.45) is 2.86. The molecule has 1 atom stereocenters. The summed E-state index contributed by atoms with van der Waals surface area (Å²) >= 11 is 0. The van der Waals surface area contributed by atoms with Crippen molar-refractivity contribution in [1.29, 1.82) is 0 Å². The van der Waals surface area contributed by atoms with Crippen LogP contribution >= 0.6 is 0 Å². The number of rotatable bonds is 12. The van der Waals surface area contributed by atoms with E-state index in [4.69, 9.17) is 9.47 Å². The van der Waals surface area contributed by atoms with E-state index in [0.29, 0.717) is 48.0 Å². The van der Waals surface area contributed by atoms with Crippen LogP contribution in [-0.2, 0) is 21.1 Å². The molecule has 9 nitrogen and oxygen atoms in total. The molecule has 0 aromatic heterocycles. The van der Waals surface area contributed by atoms with Crippen molar-refractivity contribution in [1.82, 2.24) is 4.90 Å². The number of ether oxygens (including phenoxy) is 2. The van der Waals surface area contributed by atoms with E-state index in [-0.39, 0.29) is 28.5 Å². The number of carbonyl (C=O) groups is 3. The number of anilines is 1. The van der Waals surface area contributed by atoms with Gasteiger partial charge in [-0.05, 0) is 61.4 Å². The molecule has 1 aliphatic carbocycles. The smallest absolute Gasteiger partial charge is 0.264 e. The molecule has 0 radical (unpaired) electrons. The molecular weight excluding hydrogens is 508 g/mol. The number of hydrogen-bond donors (Lipinski definition) is 1. The predicted molar refractivity (Wildman–Crippen MR) is 144 cm³/mol. The largest absolute Gasteiger partial charge is 0.493 e. The van der Waals surface area contributed by atoms with Crippen LogP contribution in [0.15, 0.2) is 30.3 Å². The Hall–Kier alpha value is -3.40. The highest BCUT2D eigenvalue weighted by atomic mass is 32.2. The maximum atomic E-state index is 13.9.